The molecule has 0 N–H and O–H groups in total. The molecule has 1 aliphatic rings. The van der Waals surface area contributed by atoms with Gasteiger partial charge >= 0.3 is 11.8 Å². The summed E-state index contributed by atoms with van der Waals surface area (Å²) in [6.07, 6.45) is 0.420. The SMILES string of the molecule is CC(C)C1CC(=O)[N+](C)(C)C1=O. The summed E-state index contributed by atoms with van der Waals surface area (Å²) in [4.78, 5) is 23.0. The van der Waals surface area contributed by atoms with Gasteiger partial charge in [-0.2, -0.15) is 0 Å². The average molecular weight is 170 g/mol. The topological polar surface area (TPSA) is 34.1 Å². The Balaban J connectivity index is 2.91. The first kappa shape index (κ1) is 9.39. The van der Waals surface area contributed by atoms with Gasteiger partial charge in [0.05, 0.1) is 26.4 Å². The standard InChI is InChI=1S/C9H16NO2/c1-6(2)7-5-8(11)10(3,4)9(7)12/h6-7H,5H2,1-4H3/q+1. The quantitative estimate of drug-likeness (QED) is 0.431. The highest BCUT2D eigenvalue weighted by atomic mass is 16.2. The number of amides is 2. The lowest BCUT2D eigenvalue weighted by Gasteiger charge is -2.18. The summed E-state index contributed by atoms with van der Waals surface area (Å²) in [7, 11) is 3.35. The summed E-state index contributed by atoms with van der Waals surface area (Å²) >= 11 is 0. The van der Waals surface area contributed by atoms with E-state index in [-0.39, 0.29) is 28.1 Å². The van der Waals surface area contributed by atoms with E-state index in [9.17, 15) is 9.59 Å². The molecule has 1 fully saturated rings. The molecule has 1 unspecified atom stereocenters. The van der Waals surface area contributed by atoms with Crippen LogP contribution in [0.4, 0.5) is 0 Å². The smallest absolute Gasteiger partial charge is 0.230 e. The van der Waals surface area contributed by atoms with Crippen molar-refractivity contribution in [2.24, 2.45) is 11.8 Å². The number of rotatable bonds is 1. The first-order valence-corrected chi connectivity index (χ1v) is 4.29. The number of imide groups is 1. The third-order valence-corrected chi connectivity index (χ3v) is 2.69. The van der Waals surface area contributed by atoms with E-state index in [0.717, 1.165) is 0 Å². The summed E-state index contributed by atoms with van der Waals surface area (Å²) in [5, 5.41) is 0. The van der Waals surface area contributed by atoms with Gasteiger partial charge in [-0.15, -0.1) is 0 Å². The Morgan fingerprint density at radius 3 is 2.00 bits per heavy atom. The summed E-state index contributed by atoms with van der Waals surface area (Å²) in [6.45, 7) is 3.97. The van der Waals surface area contributed by atoms with E-state index in [1.165, 1.54) is 0 Å². The van der Waals surface area contributed by atoms with E-state index >= 15 is 0 Å². The van der Waals surface area contributed by atoms with Crippen molar-refractivity contribution in [1.82, 2.24) is 0 Å². The third kappa shape index (κ3) is 1.18. The number of carbonyl (C=O) groups is 2. The van der Waals surface area contributed by atoms with Gasteiger partial charge in [0.1, 0.15) is 0 Å². The van der Waals surface area contributed by atoms with Gasteiger partial charge in [0.2, 0.25) is 0 Å². The number of hydrogen-bond acceptors (Lipinski definition) is 2. The molecule has 0 spiro atoms. The molecule has 1 rings (SSSR count). The minimum Gasteiger partial charge on any atom is -0.230 e. The molecule has 1 aliphatic heterocycles. The summed E-state index contributed by atoms with van der Waals surface area (Å²) in [6, 6.07) is 0. The Morgan fingerprint density at radius 2 is 1.83 bits per heavy atom. The highest BCUT2D eigenvalue weighted by Gasteiger charge is 2.50. The van der Waals surface area contributed by atoms with Gasteiger partial charge in [0, 0.05) is 0 Å². The number of nitrogens with zero attached hydrogens (tertiary/aromatic N) is 1. The van der Waals surface area contributed by atoms with E-state index in [4.69, 9.17) is 0 Å². The van der Waals surface area contributed by atoms with Crippen molar-refractivity contribution < 1.29 is 14.1 Å². The zero-order valence-corrected chi connectivity index (χ0v) is 8.13. The van der Waals surface area contributed by atoms with Crippen LogP contribution in [0.3, 0.4) is 0 Å². The van der Waals surface area contributed by atoms with Crippen LogP contribution in [0, 0.1) is 11.8 Å². The molecular weight excluding hydrogens is 154 g/mol. The maximum Gasteiger partial charge on any atom is 0.324 e. The van der Waals surface area contributed by atoms with Crippen molar-refractivity contribution in [3.8, 4) is 0 Å². The Morgan fingerprint density at radius 1 is 1.33 bits per heavy atom. The van der Waals surface area contributed by atoms with Crippen LogP contribution in [0.5, 0.6) is 0 Å². The normalized spacial score (nSPS) is 28.6. The zero-order chi connectivity index (χ0) is 9.52. The molecule has 0 radical (unpaired) electrons. The van der Waals surface area contributed by atoms with Gasteiger partial charge < -0.3 is 0 Å². The molecule has 12 heavy (non-hydrogen) atoms. The lowest BCUT2D eigenvalue weighted by molar-refractivity contribution is -0.730. The Bertz CT molecular complexity index is 231. The number of quaternary nitrogens is 1. The van der Waals surface area contributed by atoms with Crippen LogP contribution in [-0.4, -0.2) is 30.4 Å². The predicted molar refractivity (Wildman–Crippen MR) is 45.1 cm³/mol. The third-order valence-electron chi connectivity index (χ3n) is 2.69. The second kappa shape index (κ2) is 2.66. The van der Waals surface area contributed by atoms with Crippen LogP contribution in [0.15, 0.2) is 0 Å². The molecule has 1 heterocycles. The average Bonchev–Trinajstić information content (AvgIpc) is 2.13. The van der Waals surface area contributed by atoms with Crippen LogP contribution >= 0.6 is 0 Å². The molecule has 0 aromatic heterocycles. The van der Waals surface area contributed by atoms with Crippen LogP contribution in [0.2, 0.25) is 0 Å². The van der Waals surface area contributed by atoms with E-state index in [2.05, 4.69) is 0 Å². The molecule has 0 aliphatic carbocycles. The fraction of sp³-hybridized carbons (Fsp3) is 0.778. The lowest BCUT2D eigenvalue weighted by Crippen LogP contribution is -2.45. The maximum absolute atomic E-state index is 11.6. The molecular formula is C9H16NO2+. The summed E-state index contributed by atoms with van der Waals surface area (Å²) in [5.74, 6) is 0.322. The molecule has 68 valence electrons. The second-order valence-electron chi connectivity index (χ2n) is 4.24. The first-order valence-electron chi connectivity index (χ1n) is 4.29. The molecule has 1 atom stereocenters. The molecule has 3 heteroatoms. The van der Waals surface area contributed by atoms with E-state index in [1.807, 2.05) is 13.8 Å². The van der Waals surface area contributed by atoms with Crippen molar-refractivity contribution in [2.75, 3.05) is 14.1 Å². The van der Waals surface area contributed by atoms with Gasteiger partial charge in [-0.25, -0.2) is 14.1 Å². The predicted octanol–water partition coefficient (Wildman–Crippen LogP) is 0.792. The molecule has 0 aromatic rings. The van der Waals surface area contributed by atoms with Crippen molar-refractivity contribution in [3.05, 3.63) is 0 Å². The van der Waals surface area contributed by atoms with Gasteiger partial charge in [-0.3, -0.25) is 0 Å². The highest BCUT2D eigenvalue weighted by molar-refractivity contribution is 5.93. The summed E-state index contributed by atoms with van der Waals surface area (Å²) < 4.78 is -0.0666. The maximum atomic E-state index is 11.6. The largest absolute Gasteiger partial charge is 0.324 e. The Kier molecular flexibility index (Phi) is 2.08. The number of carbonyl (C=O) groups excluding carboxylic acids is 2. The number of hydrogen-bond donors (Lipinski definition) is 0. The van der Waals surface area contributed by atoms with Crippen molar-refractivity contribution in [2.45, 2.75) is 20.3 Å². The first-order chi connectivity index (χ1) is 5.37. The van der Waals surface area contributed by atoms with Crippen LogP contribution in [0.1, 0.15) is 20.3 Å². The van der Waals surface area contributed by atoms with Gasteiger partial charge in [-0.05, 0) is 5.92 Å². The van der Waals surface area contributed by atoms with Gasteiger partial charge in [0.25, 0.3) is 0 Å². The van der Waals surface area contributed by atoms with E-state index < -0.39 is 0 Å². The minimum atomic E-state index is -0.0666. The monoisotopic (exact) mass is 170 g/mol. The molecule has 0 aromatic carbocycles. The molecule has 1 saturated heterocycles. The highest BCUT2D eigenvalue weighted by Crippen LogP contribution is 2.29. The Hall–Kier alpha value is -0.700. The van der Waals surface area contributed by atoms with E-state index in [0.29, 0.717) is 6.42 Å². The van der Waals surface area contributed by atoms with Crippen LogP contribution in [-0.2, 0) is 9.59 Å². The van der Waals surface area contributed by atoms with Crippen LogP contribution in [0.25, 0.3) is 0 Å². The molecule has 2 amide bonds. The second-order valence-corrected chi connectivity index (χ2v) is 4.24. The molecule has 0 bridgehead atoms. The fourth-order valence-electron chi connectivity index (χ4n) is 1.56. The van der Waals surface area contributed by atoms with Crippen molar-refractivity contribution in [3.63, 3.8) is 0 Å². The molecule has 3 nitrogen and oxygen atoms in total. The van der Waals surface area contributed by atoms with Crippen molar-refractivity contribution >= 4 is 11.8 Å². The lowest BCUT2D eigenvalue weighted by atomic mass is 9.94. The van der Waals surface area contributed by atoms with Gasteiger partial charge in [-0.1, -0.05) is 13.8 Å². The van der Waals surface area contributed by atoms with Crippen LogP contribution < -0.4 is 0 Å². The van der Waals surface area contributed by atoms with Gasteiger partial charge in [0.15, 0.2) is 0 Å². The molecule has 0 saturated carbocycles. The van der Waals surface area contributed by atoms with Crippen molar-refractivity contribution in [1.29, 1.82) is 0 Å². The van der Waals surface area contributed by atoms with E-state index in [1.54, 1.807) is 14.1 Å². The number of likely N-dealkylation sites (tertiary alicyclic amines) is 1. The summed E-state index contributed by atoms with van der Waals surface area (Å²) in [5.41, 5.74) is 0. The zero-order valence-electron chi connectivity index (χ0n) is 8.13. The Labute approximate surface area is 72.9 Å². The minimum absolute atomic E-state index is 0.0405. The fourth-order valence-corrected chi connectivity index (χ4v) is 1.56.